The van der Waals surface area contributed by atoms with Crippen molar-refractivity contribution in [3.63, 3.8) is 0 Å². The van der Waals surface area contributed by atoms with Gasteiger partial charge in [0.1, 0.15) is 11.4 Å². The van der Waals surface area contributed by atoms with Gasteiger partial charge in [0.05, 0.1) is 25.0 Å². The molecule has 1 spiro atoms. The Labute approximate surface area is 159 Å². The lowest BCUT2D eigenvalue weighted by molar-refractivity contribution is -0.153. The summed E-state index contributed by atoms with van der Waals surface area (Å²) in [5, 5.41) is 2.86. The van der Waals surface area contributed by atoms with E-state index in [0.29, 0.717) is 17.0 Å². The Kier molecular flexibility index (Phi) is 5.39. The third-order valence-corrected chi connectivity index (χ3v) is 5.44. The lowest BCUT2D eigenvalue weighted by Crippen LogP contribution is -2.43. The van der Waals surface area contributed by atoms with Crippen molar-refractivity contribution in [2.75, 3.05) is 26.5 Å². The van der Waals surface area contributed by atoms with Crippen LogP contribution in [0.15, 0.2) is 18.2 Å². The molecule has 1 aromatic rings. The lowest BCUT2D eigenvalue weighted by Gasteiger charge is -2.36. The summed E-state index contributed by atoms with van der Waals surface area (Å²) in [7, 11) is 4.80. The van der Waals surface area contributed by atoms with Crippen molar-refractivity contribution in [2.24, 2.45) is 5.92 Å². The topological polar surface area (TPSA) is 84.9 Å². The van der Waals surface area contributed by atoms with Crippen molar-refractivity contribution in [1.29, 1.82) is 0 Å². The number of esters is 1. The molecule has 1 aromatic carbocycles. The highest BCUT2D eigenvalue weighted by atomic mass is 16.6. The Morgan fingerprint density at radius 3 is 2.56 bits per heavy atom. The van der Waals surface area contributed by atoms with E-state index in [4.69, 9.17) is 9.47 Å². The highest BCUT2D eigenvalue weighted by molar-refractivity contribution is 6.00. The van der Waals surface area contributed by atoms with Gasteiger partial charge in [-0.15, -0.1) is 0 Å². The smallest absolute Gasteiger partial charge is 0.307 e. The summed E-state index contributed by atoms with van der Waals surface area (Å²) >= 11 is 0. The van der Waals surface area contributed by atoms with E-state index in [1.54, 1.807) is 32.3 Å². The van der Waals surface area contributed by atoms with Gasteiger partial charge < -0.3 is 19.7 Å². The molecule has 0 radical (unpaired) electrons. The van der Waals surface area contributed by atoms with Gasteiger partial charge in [0.2, 0.25) is 5.91 Å². The first-order valence-corrected chi connectivity index (χ1v) is 9.29. The number of hydrogen-bond donors (Lipinski definition) is 1. The SMILES string of the molecule is COc1ccc(NC(=O)C2CC(=O)OC23CCCCC3)cc1C(=O)N(C)C. The highest BCUT2D eigenvalue weighted by Crippen LogP contribution is 2.44. The number of hydrogen-bond acceptors (Lipinski definition) is 5. The van der Waals surface area contributed by atoms with Crippen LogP contribution < -0.4 is 10.1 Å². The number of nitrogens with zero attached hydrogens (tertiary/aromatic N) is 1. The standard InChI is InChI=1S/C20H26N2O5/c1-22(2)19(25)14-11-13(7-8-16(14)26-3)21-18(24)15-12-17(23)27-20(15)9-5-4-6-10-20/h7-8,11,15H,4-6,9-10,12H2,1-3H3,(H,21,24). The molecule has 146 valence electrons. The third kappa shape index (κ3) is 3.77. The van der Waals surface area contributed by atoms with E-state index >= 15 is 0 Å². The minimum absolute atomic E-state index is 0.103. The van der Waals surface area contributed by atoms with Gasteiger partial charge in [-0.2, -0.15) is 0 Å². The normalized spacial score (nSPS) is 20.9. The fourth-order valence-electron chi connectivity index (χ4n) is 4.05. The Morgan fingerprint density at radius 2 is 1.93 bits per heavy atom. The van der Waals surface area contributed by atoms with E-state index in [1.165, 1.54) is 12.0 Å². The summed E-state index contributed by atoms with van der Waals surface area (Å²) < 4.78 is 10.9. The molecule has 27 heavy (non-hydrogen) atoms. The molecule has 2 amide bonds. The molecule has 2 fully saturated rings. The minimum atomic E-state index is -0.672. The second-order valence-electron chi connectivity index (χ2n) is 7.46. The zero-order chi connectivity index (χ0) is 19.6. The zero-order valence-corrected chi connectivity index (χ0v) is 16.0. The quantitative estimate of drug-likeness (QED) is 0.819. The van der Waals surface area contributed by atoms with Crippen LogP contribution >= 0.6 is 0 Å². The van der Waals surface area contributed by atoms with Gasteiger partial charge in [-0.05, 0) is 43.9 Å². The molecule has 7 nitrogen and oxygen atoms in total. The fraction of sp³-hybridized carbons (Fsp3) is 0.550. The molecule has 1 saturated carbocycles. The van der Waals surface area contributed by atoms with Crippen LogP contribution in [0, 0.1) is 5.92 Å². The number of rotatable bonds is 4. The number of carbonyl (C=O) groups is 3. The van der Waals surface area contributed by atoms with Crippen molar-refractivity contribution < 1.29 is 23.9 Å². The van der Waals surface area contributed by atoms with E-state index in [9.17, 15) is 14.4 Å². The first-order chi connectivity index (χ1) is 12.9. The molecule has 1 unspecified atom stereocenters. The minimum Gasteiger partial charge on any atom is -0.496 e. The first kappa shape index (κ1) is 19.2. The van der Waals surface area contributed by atoms with Crippen LogP contribution in [0.2, 0.25) is 0 Å². The molecule has 1 aliphatic heterocycles. The van der Waals surface area contributed by atoms with Gasteiger partial charge in [0.25, 0.3) is 5.91 Å². The van der Waals surface area contributed by atoms with E-state index in [0.717, 1.165) is 32.1 Å². The predicted molar refractivity (Wildman–Crippen MR) is 99.7 cm³/mol. The Morgan fingerprint density at radius 1 is 1.22 bits per heavy atom. The van der Waals surface area contributed by atoms with E-state index < -0.39 is 11.5 Å². The van der Waals surface area contributed by atoms with E-state index in [-0.39, 0.29) is 24.2 Å². The van der Waals surface area contributed by atoms with Crippen molar-refractivity contribution in [1.82, 2.24) is 4.90 Å². The molecule has 1 saturated heterocycles. The van der Waals surface area contributed by atoms with Crippen LogP contribution in [0.4, 0.5) is 5.69 Å². The van der Waals surface area contributed by atoms with Crippen molar-refractivity contribution in [3.05, 3.63) is 23.8 Å². The fourth-order valence-corrected chi connectivity index (χ4v) is 4.05. The monoisotopic (exact) mass is 374 g/mol. The molecule has 1 heterocycles. The molecular weight excluding hydrogens is 348 g/mol. The Balaban J connectivity index is 1.82. The second kappa shape index (κ2) is 7.58. The summed E-state index contributed by atoms with van der Waals surface area (Å²) in [6.45, 7) is 0. The summed E-state index contributed by atoms with van der Waals surface area (Å²) in [4.78, 5) is 38.7. The number of carbonyl (C=O) groups excluding carboxylic acids is 3. The molecule has 0 bridgehead atoms. The average Bonchev–Trinajstić information content (AvgIpc) is 2.97. The molecule has 2 aliphatic rings. The van der Waals surface area contributed by atoms with Gasteiger partial charge in [-0.25, -0.2) is 0 Å². The number of benzene rings is 1. The average molecular weight is 374 g/mol. The highest BCUT2D eigenvalue weighted by Gasteiger charge is 2.52. The maximum absolute atomic E-state index is 12.9. The van der Waals surface area contributed by atoms with Gasteiger partial charge in [-0.3, -0.25) is 14.4 Å². The van der Waals surface area contributed by atoms with Crippen LogP contribution in [0.5, 0.6) is 5.75 Å². The number of ether oxygens (including phenoxy) is 2. The molecule has 1 aliphatic carbocycles. The van der Waals surface area contributed by atoms with Gasteiger partial charge in [0, 0.05) is 19.8 Å². The molecule has 3 rings (SSSR count). The van der Waals surface area contributed by atoms with Crippen LogP contribution in [0.1, 0.15) is 48.9 Å². The van der Waals surface area contributed by atoms with Gasteiger partial charge in [-0.1, -0.05) is 6.42 Å². The van der Waals surface area contributed by atoms with E-state index in [2.05, 4.69) is 5.32 Å². The second-order valence-corrected chi connectivity index (χ2v) is 7.46. The maximum Gasteiger partial charge on any atom is 0.307 e. The van der Waals surface area contributed by atoms with Crippen LogP contribution in [-0.4, -0.2) is 49.5 Å². The van der Waals surface area contributed by atoms with Crippen molar-refractivity contribution in [3.8, 4) is 5.75 Å². The molecule has 0 aromatic heterocycles. The third-order valence-electron chi connectivity index (χ3n) is 5.44. The predicted octanol–water partition coefficient (Wildman–Crippen LogP) is 2.60. The van der Waals surface area contributed by atoms with Crippen molar-refractivity contribution in [2.45, 2.75) is 44.1 Å². The summed E-state index contributed by atoms with van der Waals surface area (Å²) in [6, 6.07) is 4.94. The largest absolute Gasteiger partial charge is 0.496 e. The Hall–Kier alpha value is -2.57. The number of methoxy groups -OCH3 is 1. The summed E-state index contributed by atoms with van der Waals surface area (Å²) in [5.41, 5.74) is 0.191. The van der Waals surface area contributed by atoms with Crippen LogP contribution in [0.25, 0.3) is 0 Å². The maximum atomic E-state index is 12.9. The van der Waals surface area contributed by atoms with E-state index in [1.807, 2.05) is 0 Å². The van der Waals surface area contributed by atoms with Crippen molar-refractivity contribution >= 4 is 23.5 Å². The number of nitrogens with one attached hydrogen (secondary N) is 1. The molecule has 1 atom stereocenters. The van der Waals surface area contributed by atoms with Gasteiger partial charge >= 0.3 is 5.97 Å². The number of anilines is 1. The lowest BCUT2D eigenvalue weighted by atomic mass is 9.75. The number of amides is 2. The van der Waals surface area contributed by atoms with Gasteiger partial charge in [0.15, 0.2) is 0 Å². The zero-order valence-electron chi connectivity index (χ0n) is 16.0. The Bertz CT molecular complexity index is 753. The molecular formula is C20H26N2O5. The molecule has 7 heteroatoms. The van der Waals surface area contributed by atoms with Crippen LogP contribution in [0.3, 0.4) is 0 Å². The summed E-state index contributed by atoms with van der Waals surface area (Å²) in [5.74, 6) is -0.826. The summed E-state index contributed by atoms with van der Waals surface area (Å²) in [6.07, 6.45) is 4.57. The molecule has 1 N–H and O–H groups in total. The van der Waals surface area contributed by atoms with Crippen LogP contribution in [-0.2, 0) is 14.3 Å². The first-order valence-electron chi connectivity index (χ1n) is 9.29.